The van der Waals surface area contributed by atoms with Gasteiger partial charge in [0.15, 0.2) is 17.3 Å². The zero-order valence-electron chi connectivity index (χ0n) is 12.3. The van der Waals surface area contributed by atoms with Crippen molar-refractivity contribution in [1.29, 1.82) is 0 Å². The first-order valence-corrected chi connectivity index (χ1v) is 7.09. The number of hydrogen-bond donors (Lipinski definition) is 0. The maximum Gasteiger partial charge on any atom is 0.170 e. The van der Waals surface area contributed by atoms with Crippen molar-refractivity contribution in [3.05, 3.63) is 59.2 Å². The summed E-state index contributed by atoms with van der Waals surface area (Å²) in [5, 5.41) is 0. The highest BCUT2D eigenvalue weighted by Crippen LogP contribution is 2.41. The van der Waals surface area contributed by atoms with Crippen LogP contribution in [0.15, 0.2) is 42.5 Å². The molecule has 2 aromatic carbocycles. The number of hydrogen-bond acceptors (Lipinski definition) is 3. The molecule has 1 unspecified atom stereocenters. The maximum absolute atomic E-state index is 12.8. The third-order valence-corrected chi connectivity index (χ3v) is 4.12. The normalized spacial score (nSPS) is 17.2. The molecule has 3 heteroatoms. The predicted octanol–water partition coefficient (Wildman–Crippen LogP) is 3.62. The van der Waals surface area contributed by atoms with Gasteiger partial charge in [-0.3, -0.25) is 4.79 Å². The second kappa shape index (κ2) is 5.60. The van der Waals surface area contributed by atoms with Crippen LogP contribution in [0.1, 0.15) is 33.8 Å². The van der Waals surface area contributed by atoms with Gasteiger partial charge in [-0.25, -0.2) is 0 Å². The van der Waals surface area contributed by atoms with E-state index in [0.717, 1.165) is 29.5 Å². The Bertz CT molecular complexity index is 662. The van der Waals surface area contributed by atoms with E-state index in [1.807, 2.05) is 42.5 Å². The van der Waals surface area contributed by atoms with Gasteiger partial charge < -0.3 is 9.47 Å². The molecule has 0 heterocycles. The highest BCUT2D eigenvalue weighted by molar-refractivity contribution is 6.04. The average molecular weight is 282 g/mol. The van der Waals surface area contributed by atoms with Crippen LogP contribution >= 0.6 is 0 Å². The molecule has 0 spiro atoms. The lowest BCUT2D eigenvalue weighted by Crippen LogP contribution is -2.21. The van der Waals surface area contributed by atoms with Crippen molar-refractivity contribution >= 4 is 5.78 Å². The minimum Gasteiger partial charge on any atom is -0.493 e. The molecular weight excluding hydrogens is 264 g/mol. The molecule has 108 valence electrons. The molecule has 1 aliphatic rings. The summed E-state index contributed by atoms with van der Waals surface area (Å²) < 4.78 is 10.8. The average Bonchev–Trinajstić information content (AvgIpc) is 2.55. The Morgan fingerprint density at radius 2 is 1.76 bits per heavy atom. The lowest BCUT2D eigenvalue weighted by molar-refractivity contribution is 0.0945. The van der Waals surface area contributed by atoms with Crippen LogP contribution in [-0.4, -0.2) is 20.0 Å². The van der Waals surface area contributed by atoms with E-state index in [4.69, 9.17) is 9.47 Å². The molecule has 0 saturated carbocycles. The zero-order chi connectivity index (χ0) is 14.8. The predicted molar refractivity (Wildman–Crippen MR) is 81.4 cm³/mol. The van der Waals surface area contributed by atoms with E-state index in [0.29, 0.717) is 11.5 Å². The molecule has 0 saturated heterocycles. The van der Waals surface area contributed by atoms with Gasteiger partial charge >= 0.3 is 0 Å². The van der Waals surface area contributed by atoms with Crippen molar-refractivity contribution in [2.75, 3.05) is 14.2 Å². The molecule has 3 nitrogen and oxygen atoms in total. The second-order valence-electron chi connectivity index (χ2n) is 5.19. The van der Waals surface area contributed by atoms with E-state index in [1.165, 1.54) is 0 Å². The topological polar surface area (TPSA) is 35.5 Å². The van der Waals surface area contributed by atoms with Crippen molar-refractivity contribution in [1.82, 2.24) is 0 Å². The fourth-order valence-electron chi connectivity index (χ4n) is 3.08. The van der Waals surface area contributed by atoms with Gasteiger partial charge in [-0.05, 0) is 30.5 Å². The Morgan fingerprint density at radius 1 is 1.00 bits per heavy atom. The SMILES string of the molecule is COc1ccc2c(c1OC)CCC(c1ccccc1)C2=O. The van der Waals surface area contributed by atoms with E-state index in [2.05, 4.69) is 0 Å². The number of fused-ring (bicyclic) bond motifs is 1. The summed E-state index contributed by atoms with van der Waals surface area (Å²) in [6.45, 7) is 0. The molecule has 0 amide bonds. The number of Topliss-reactive ketones (excluding diaryl/α,β-unsaturated/α-hetero) is 1. The van der Waals surface area contributed by atoms with Crippen LogP contribution in [0, 0.1) is 0 Å². The lowest BCUT2D eigenvalue weighted by Gasteiger charge is -2.26. The van der Waals surface area contributed by atoms with Crippen LogP contribution in [0.2, 0.25) is 0 Å². The van der Waals surface area contributed by atoms with Crippen LogP contribution in [0.4, 0.5) is 0 Å². The monoisotopic (exact) mass is 282 g/mol. The van der Waals surface area contributed by atoms with Gasteiger partial charge in [0.2, 0.25) is 0 Å². The van der Waals surface area contributed by atoms with Crippen LogP contribution < -0.4 is 9.47 Å². The Balaban J connectivity index is 2.03. The van der Waals surface area contributed by atoms with E-state index in [-0.39, 0.29) is 11.7 Å². The van der Waals surface area contributed by atoms with Gasteiger partial charge in [-0.15, -0.1) is 0 Å². The Hall–Kier alpha value is -2.29. The van der Waals surface area contributed by atoms with E-state index in [9.17, 15) is 4.79 Å². The Kier molecular flexibility index (Phi) is 3.65. The number of carbonyl (C=O) groups is 1. The first kappa shape index (κ1) is 13.7. The summed E-state index contributed by atoms with van der Waals surface area (Å²) in [6.07, 6.45) is 1.63. The van der Waals surface area contributed by atoms with Crippen molar-refractivity contribution in [2.45, 2.75) is 18.8 Å². The molecule has 0 aromatic heterocycles. The number of ketones is 1. The Morgan fingerprint density at radius 3 is 2.43 bits per heavy atom. The van der Waals surface area contributed by atoms with E-state index >= 15 is 0 Å². The Labute approximate surface area is 124 Å². The van der Waals surface area contributed by atoms with Gasteiger partial charge in [0.25, 0.3) is 0 Å². The minimum atomic E-state index is -0.0585. The van der Waals surface area contributed by atoms with Gasteiger partial charge in [0, 0.05) is 17.0 Å². The zero-order valence-corrected chi connectivity index (χ0v) is 12.3. The van der Waals surface area contributed by atoms with Crippen molar-refractivity contribution in [2.24, 2.45) is 0 Å². The third-order valence-electron chi connectivity index (χ3n) is 4.12. The van der Waals surface area contributed by atoms with Gasteiger partial charge in [-0.2, -0.15) is 0 Å². The molecule has 0 fully saturated rings. The fraction of sp³-hybridized carbons (Fsp3) is 0.278. The van der Waals surface area contributed by atoms with Crippen LogP contribution in [0.3, 0.4) is 0 Å². The molecule has 0 aliphatic heterocycles. The number of methoxy groups -OCH3 is 2. The standard InChI is InChI=1S/C18H18O3/c1-20-16-11-10-14-15(18(16)21-2)9-8-13(17(14)19)12-6-4-3-5-7-12/h3-7,10-11,13H,8-9H2,1-2H3. The number of rotatable bonds is 3. The molecule has 1 aliphatic carbocycles. The summed E-state index contributed by atoms with van der Waals surface area (Å²) in [5.41, 5.74) is 2.81. The maximum atomic E-state index is 12.8. The number of carbonyl (C=O) groups excluding carboxylic acids is 1. The lowest BCUT2D eigenvalue weighted by atomic mass is 9.78. The van der Waals surface area contributed by atoms with Crippen molar-refractivity contribution < 1.29 is 14.3 Å². The number of ether oxygens (including phenoxy) is 2. The quantitative estimate of drug-likeness (QED) is 0.862. The first-order valence-electron chi connectivity index (χ1n) is 7.09. The molecule has 21 heavy (non-hydrogen) atoms. The van der Waals surface area contributed by atoms with Crippen LogP contribution in [0.5, 0.6) is 11.5 Å². The summed E-state index contributed by atoms with van der Waals surface area (Å²) in [4.78, 5) is 12.8. The van der Waals surface area contributed by atoms with E-state index < -0.39 is 0 Å². The third kappa shape index (κ3) is 2.29. The molecule has 0 radical (unpaired) electrons. The van der Waals surface area contributed by atoms with Crippen LogP contribution in [0.25, 0.3) is 0 Å². The van der Waals surface area contributed by atoms with Gasteiger partial charge in [-0.1, -0.05) is 30.3 Å². The summed E-state index contributed by atoms with van der Waals surface area (Å²) in [7, 11) is 3.23. The molecule has 0 bridgehead atoms. The first-order chi connectivity index (χ1) is 10.3. The molecule has 3 rings (SSSR count). The summed E-state index contributed by atoms with van der Waals surface area (Å²) >= 11 is 0. The smallest absolute Gasteiger partial charge is 0.170 e. The second-order valence-corrected chi connectivity index (χ2v) is 5.19. The fourth-order valence-corrected chi connectivity index (χ4v) is 3.08. The summed E-state index contributed by atoms with van der Waals surface area (Å²) in [6, 6.07) is 13.6. The molecular formula is C18H18O3. The van der Waals surface area contributed by atoms with Crippen LogP contribution in [-0.2, 0) is 6.42 Å². The van der Waals surface area contributed by atoms with E-state index in [1.54, 1.807) is 14.2 Å². The largest absolute Gasteiger partial charge is 0.493 e. The molecule has 0 N–H and O–H groups in total. The molecule has 2 aromatic rings. The van der Waals surface area contributed by atoms with Gasteiger partial charge in [0.05, 0.1) is 14.2 Å². The summed E-state index contributed by atoms with van der Waals surface area (Å²) in [5.74, 6) is 1.48. The van der Waals surface area contributed by atoms with Gasteiger partial charge in [0.1, 0.15) is 0 Å². The molecule has 1 atom stereocenters. The minimum absolute atomic E-state index is 0.0585. The van der Waals surface area contributed by atoms with Crippen molar-refractivity contribution in [3.8, 4) is 11.5 Å². The highest BCUT2D eigenvalue weighted by atomic mass is 16.5. The highest BCUT2D eigenvalue weighted by Gasteiger charge is 2.31. The number of benzene rings is 2. The van der Waals surface area contributed by atoms with Crippen molar-refractivity contribution in [3.63, 3.8) is 0 Å².